The highest BCUT2D eigenvalue weighted by atomic mass is 35.5. The summed E-state index contributed by atoms with van der Waals surface area (Å²) in [7, 11) is -3.38. The minimum absolute atomic E-state index is 0.0352. The number of allylic oxidation sites excluding steroid dienone is 1. The molecule has 0 unspecified atom stereocenters. The van der Waals surface area contributed by atoms with Crippen molar-refractivity contribution < 1.29 is 22.7 Å². The maximum atomic E-state index is 12.8. The van der Waals surface area contributed by atoms with Crippen molar-refractivity contribution in [2.45, 2.75) is 13.0 Å². The molecule has 4 rings (SSSR count). The second kappa shape index (κ2) is 9.74. The van der Waals surface area contributed by atoms with E-state index in [2.05, 4.69) is 0 Å². The smallest absolute Gasteiger partial charge is 0.189 e. The van der Waals surface area contributed by atoms with Crippen molar-refractivity contribution in [3.8, 4) is 5.75 Å². The number of carbonyl (C=O) groups excluding carboxylic acids is 2. The molecule has 0 radical (unpaired) electrons. The van der Waals surface area contributed by atoms with Crippen molar-refractivity contribution in [3.63, 3.8) is 0 Å². The van der Waals surface area contributed by atoms with Gasteiger partial charge in [-0.1, -0.05) is 47.5 Å². The maximum absolute atomic E-state index is 12.8. The van der Waals surface area contributed by atoms with E-state index in [1.165, 1.54) is 0 Å². The number of carbonyl (C=O) groups is 2. The minimum Gasteiger partial charge on any atom is -0.489 e. The molecule has 0 amide bonds. The third kappa shape index (κ3) is 5.95. The predicted molar refractivity (Wildman–Crippen MR) is 134 cm³/mol. The molecule has 0 bridgehead atoms. The summed E-state index contributed by atoms with van der Waals surface area (Å²) in [6.45, 7) is 0.261. The van der Waals surface area contributed by atoms with Crippen molar-refractivity contribution in [1.82, 2.24) is 0 Å². The van der Waals surface area contributed by atoms with E-state index in [-0.39, 0.29) is 12.4 Å². The van der Waals surface area contributed by atoms with Gasteiger partial charge in [-0.25, -0.2) is 8.42 Å². The fraction of sp³-hybridized carbons (Fsp3) is 0.154. The van der Waals surface area contributed by atoms with Gasteiger partial charge in [0.2, 0.25) is 0 Å². The lowest BCUT2D eigenvalue weighted by Crippen LogP contribution is -2.14. The van der Waals surface area contributed by atoms with Gasteiger partial charge in [0, 0.05) is 39.4 Å². The van der Waals surface area contributed by atoms with Crippen LogP contribution < -0.4 is 4.74 Å². The molecule has 0 spiro atoms. The summed E-state index contributed by atoms with van der Waals surface area (Å²) in [6.07, 6.45) is 3.31. The van der Waals surface area contributed by atoms with E-state index < -0.39 is 21.4 Å². The number of rotatable bonds is 7. The highest BCUT2D eigenvalue weighted by Gasteiger charge is 2.25. The van der Waals surface area contributed by atoms with Crippen LogP contribution in [0.2, 0.25) is 10.0 Å². The monoisotopic (exact) mass is 514 g/mol. The molecular weight excluding hydrogens is 495 g/mol. The van der Waals surface area contributed by atoms with Gasteiger partial charge in [-0.15, -0.1) is 0 Å². The van der Waals surface area contributed by atoms with E-state index in [9.17, 15) is 18.0 Å². The van der Waals surface area contributed by atoms with Crippen molar-refractivity contribution in [2.75, 3.05) is 12.0 Å². The molecule has 0 saturated heterocycles. The van der Waals surface area contributed by atoms with Crippen LogP contribution in [0.3, 0.4) is 0 Å². The fourth-order valence-electron chi connectivity index (χ4n) is 3.74. The Morgan fingerprint density at radius 3 is 2.32 bits per heavy atom. The number of sulfone groups is 1. The van der Waals surface area contributed by atoms with E-state index in [4.69, 9.17) is 27.9 Å². The van der Waals surface area contributed by atoms with Crippen molar-refractivity contribution in [1.29, 1.82) is 0 Å². The first-order valence-electron chi connectivity index (χ1n) is 10.3. The highest BCUT2D eigenvalue weighted by Crippen LogP contribution is 2.32. The summed E-state index contributed by atoms with van der Waals surface area (Å²) in [6, 6.07) is 17.1. The van der Waals surface area contributed by atoms with Crippen LogP contribution in [0.25, 0.3) is 6.08 Å². The summed E-state index contributed by atoms with van der Waals surface area (Å²) < 4.78 is 28.5. The van der Waals surface area contributed by atoms with E-state index >= 15 is 0 Å². The molecule has 0 aliphatic heterocycles. The van der Waals surface area contributed by atoms with Crippen LogP contribution in [0.15, 0.2) is 66.2 Å². The second-order valence-corrected chi connectivity index (χ2v) is 11.2. The zero-order chi connectivity index (χ0) is 24.5. The summed E-state index contributed by atoms with van der Waals surface area (Å²) in [5.74, 6) is -0.373. The fourth-order valence-corrected chi connectivity index (χ4v) is 4.92. The molecule has 0 saturated carbocycles. The first-order valence-corrected chi connectivity index (χ1v) is 13.2. The summed E-state index contributed by atoms with van der Waals surface area (Å²) in [5.41, 5.74) is 4.10. The molecule has 0 heterocycles. The van der Waals surface area contributed by atoms with Crippen molar-refractivity contribution >= 4 is 50.7 Å². The summed E-state index contributed by atoms with van der Waals surface area (Å²) in [4.78, 5) is 24.8. The third-order valence-electron chi connectivity index (χ3n) is 5.29. The number of benzene rings is 3. The Hall–Kier alpha value is -2.93. The predicted octanol–water partition coefficient (Wildman–Crippen LogP) is 5.62. The Bertz CT molecular complexity index is 1400. The van der Waals surface area contributed by atoms with Crippen LogP contribution in [-0.4, -0.2) is 32.0 Å². The number of halogens is 2. The molecule has 0 N–H and O–H groups in total. The molecule has 34 heavy (non-hydrogen) atoms. The molecule has 3 aromatic rings. The average molecular weight is 515 g/mol. The van der Waals surface area contributed by atoms with E-state index in [1.54, 1.807) is 60.7 Å². The molecule has 1 aliphatic carbocycles. The van der Waals surface area contributed by atoms with Crippen LogP contribution in [0.5, 0.6) is 5.75 Å². The molecular formula is C26H20Cl2O5S. The number of hydrogen-bond donors (Lipinski definition) is 0. The van der Waals surface area contributed by atoms with Gasteiger partial charge in [0.1, 0.15) is 18.1 Å². The van der Waals surface area contributed by atoms with Gasteiger partial charge in [-0.2, -0.15) is 0 Å². The second-order valence-electron chi connectivity index (χ2n) is 8.18. The first kappa shape index (κ1) is 24.2. The highest BCUT2D eigenvalue weighted by molar-refractivity contribution is 7.91. The average Bonchev–Trinajstić information content (AvgIpc) is 3.05. The Morgan fingerprint density at radius 2 is 1.68 bits per heavy atom. The summed E-state index contributed by atoms with van der Waals surface area (Å²) >= 11 is 12.1. The van der Waals surface area contributed by atoms with Gasteiger partial charge in [0.05, 0.1) is 0 Å². The Balaban J connectivity index is 1.43. The van der Waals surface area contributed by atoms with Crippen LogP contribution in [0.4, 0.5) is 0 Å². The molecule has 0 aromatic heterocycles. The Morgan fingerprint density at radius 1 is 1.00 bits per heavy atom. The molecule has 8 heteroatoms. The SMILES string of the molecule is CS(=O)(=O)CC(=O)c1ccc(COc2ccc3c(c2)C/C(=C\c2cc(Cl)cc(Cl)c2)C3=O)cc1. The van der Waals surface area contributed by atoms with Crippen molar-refractivity contribution in [2.24, 2.45) is 0 Å². The molecule has 0 fully saturated rings. The van der Waals surface area contributed by atoms with Gasteiger partial charge in [-0.3, -0.25) is 9.59 Å². The van der Waals surface area contributed by atoms with Gasteiger partial charge in [-0.05, 0) is 59.2 Å². The molecule has 5 nitrogen and oxygen atoms in total. The van der Waals surface area contributed by atoms with E-state index in [0.717, 1.165) is 22.9 Å². The van der Waals surface area contributed by atoms with Crippen LogP contribution in [-0.2, 0) is 22.9 Å². The van der Waals surface area contributed by atoms with E-state index in [0.29, 0.717) is 38.9 Å². The van der Waals surface area contributed by atoms with Gasteiger partial charge >= 0.3 is 0 Å². The van der Waals surface area contributed by atoms with Crippen LogP contribution in [0, 0.1) is 0 Å². The largest absolute Gasteiger partial charge is 0.489 e. The standard InChI is InChI=1S/C26H20Cl2O5S/c1-34(31,32)15-25(29)18-4-2-16(3-5-18)14-33-23-6-7-24-19(12-23)11-20(26(24)30)8-17-9-21(27)13-22(28)10-17/h2-10,12-13H,11,14-15H2,1H3/b20-8+. The number of fused-ring (bicyclic) bond motifs is 1. The molecule has 1 aliphatic rings. The Labute approximate surface area is 207 Å². The zero-order valence-corrected chi connectivity index (χ0v) is 20.5. The molecule has 0 atom stereocenters. The third-order valence-corrected chi connectivity index (χ3v) is 6.52. The number of Topliss-reactive ketones (excluding diaryl/α,β-unsaturated/α-hetero) is 2. The van der Waals surface area contributed by atoms with Crippen LogP contribution >= 0.6 is 23.2 Å². The van der Waals surface area contributed by atoms with Gasteiger partial charge in [0.25, 0.3) is 0 Å². The number of ketones is 2. The molecule has 174 valence electrons. The lowest BCUT2D eigenvalue weighted by molar-refractivity contribution is 0.101. The zero-order valence-electron chi connectivity index (χ0n) is 18.2. The lowest BCUT2D eigenvalue weighted by Gasteiger charge is -2.08. The van der Waals surface area contributed by atoms with E-state index in [1.807, 2.05) is 6.07 Å². The number of hydrogen-bond acceptors (Lipinski definition) is 5. The van der Waals surface area contributed by atoms with Crippen molar-refractivity contribution in [3.05, 3.63) is 104 Å². The van der Waals surface area contributed by atoms with Gasteiger partial charge < -0.3 is 4.74 Å². The lowest BCUT2D eigenvalue weighted by atomic mass is 10.1. The normalized spacial score (nSPS) is 14.3. The van der Waals surface area contributed by atoms with Gasteiger partial charge in [0.15, 0.2) is 21.4 Å². The maximum Gasteiger partial charge on any atom is 0.189 e. The number of ether oxygens (including phenoxy) is 1. The topological polar surface area (TPSA) is 77.5 Å². The minimum atomic E-state index is -3.38. The van der Waals surface area contributed by atoms with Crippen LogP contribution in [0.1, 0.15) is 37.4 Å². The molecule has 3 aromatic carbocycles. The quantitative estimate of drug-likeness (QED) is 0.302. The summed E-state index contributed by atoms with van der Waals surface area (Å²) in [5, 5.41) is 1.01. The first-order chi connectivity index (χ1) is 16.1. The Kier molecular flexibility index (Phi) is 6.94.